The Labute approximate surface area is 398 Å². The minimum atomic E-state index is -0.548. The van der Waals surface area contributed by atoms with E-state index in [4.69, 9.17) is 0 Å². The first-order valence-electron chi connectivity index (χ1n) is 23.6. The van der Waals surface area contributed by atoms with Gasteiger partial charge in [-0.3, -0.25) is 0 Å². The van der Waals surface area contributed by atoms with Crippen LogP contribution in [0.5, 0.6) is 0 Å². The topological polar surface area (TPSA) is 3.24 Å². The molecular weight excluding hydrogens is 819 g/mol. The Kier molecular flexibility index (Phi) is 9.47. The predicted molar refractivity (Wildman–Crippen MR) is 285 cm³/mol. The van der Waals surface area contributed by atoms with Gasteiger partial charge in [0.1, 0.15) is 0 Å². The van der Waals surface area contributed by atoms with E-state index in [9.17, 15) is 0 Å². The summed E-state index contributed by atoms with van der Waals surface area (Å²) >= 11 is 0. The van der Waals surface area contributed by atoms with Crippen LogP contribution >= 0.6 is 0 Å². The van der Waals surface area contributed by atoms with Gasteiger partial charge in [-0.15, -0.1) is 0 Å². The van der Waals surface area contributed by atoms with Crippen molar-refractivity contribution in [2.75, 3.05) is 4.90 Å². The van der Waals surface area contributed by atoms with E-state index >= 15 is 0 Å². The van der Waals surface area contributed by atoms with E-state index < -0.39 is 5.41 Å². The smallest absolute Gasteiger partial charge is 0.0726 e. The SMILES string of the molecule is c1ccc(-c2cc3c(cc2N(c2ccccc2)c2ccc(-c4c(-c5ccccc5)cccc4-c4ccccc4)cc2)C2(c4ccccc4-c4ccccc42)c2cccc(-c4ccccc4)c2-3)cc1. The molecule has 0 aromatic heterocycles. The number of hydrogen-bond acceptors (Lipinski definition) is 1. The van der Waals surface area contributed by atoms with Crippen molar-refractivity contribution in [1.29, 1.82) is 0 Å². The van der Waals surface area contributed by atoms with Crippen LogP contribution in [-0.4, -0.2) is 0 Å². The van der Waals surface area contributed by atoms with E-state index in [0.29, 0.717) is 0 Å². The second-order valence-electron chi connectivity index (χ2n) is 17.9. The lowest BCUT2D eigenvalue weighted by atomic mass is 9.70. The van der Waals surface area contributed by atoms with Crippen LogP contribution in [0.1, 0.15) is 22.3 Å². The van der Waals surface area contributed by atoms with Crippen molar-refractivity contribution in [3.8, 4) is 77.9 Å². The summed E-state index contributed by atoms with van der Waals surface area (Å²) in [7, 11) is 0. The molecule has 2 aliphatic rings. The summed E-state index contributed by atoms with van der Waals surface area (Å²) in [4.78, 5) is 2.48. The van der Waals surface area contributed by atoms with E-state index in [0.717, 1.165) is 17.1 Å². The molecule has 11 aromatic carbocycles. The number of para-hydroxylation sites is 1. The van der Waals surface area contributed by atoms with E-state index in [1.165, 1.54) is 100 Å². The number of fused-ring (bicyclic) bond motifs is 10. The molecule has 1 heteroatoms. The summed E-state index contributed by atoms with van der Waals surface area (Å²) in [6, 6.07) is 101. The fraction of sp³-hybridized carbons (Fsp3) is 0.0149. The monoisotopic (exact) mass is 863 g/mol. The van der Waals surface area contributed by atoms with Gasteiger partial charge in [-0.25, -0.2) is 0 Å². The first kappa shape index (κ1) is 39.6. The number of anilines is 3. The number of hydrogen-bond donors (Lipinski definition) is 0. The Balaban J connectivity index is 1.09. The summed E-state index contributed by atoms with van der Waals surface area (Å²) < 4.78 is 0. The first-order valence-corrected chi connectivity index (χ1v) is 23.6. The van der Waals surface area contributed by atoms with Crippen LogP contribution in [0.3, 0.4) is 0 Å². The van der Waals surface area contributed by atoms with Crippen molar-refractivity contribution in [2.45, 2.75) is 5.41 Å². The normalized spacial score (nSPS) is 12.5. The minimum absolute atomic E-state index is 0.548. The third-order valence-corrected chi connectivity index (χ3v) is 14.3. The maximum absolute atomic E-state index is 2.55. The van der Waals surface area contributed by atoms with Crippen LogP contribution < -0.4 is 4.90 Å². The largest absolute Gasteiger partial charge is 0.310 e. The molecular formula is C67H45N. The molecule has 13 rings (SSSR count). The van der Waals surface area contributed by atoms with E-state index in [1.807, 2.05) is 0 Å². The van der Waals surface area contributed by atoms with Gasteiger partial charge in [-0.05, 0) is 131 Å². The minimum Gasteiger partial charge on any atom is -0.310 e. The Hall–Kier alpha value is -8.78. The van der Waals surface area contributed by atoms with Gasteiger partial charge >= 0.3 is 0 Å². The molecule has 0 heterocycles. The average Bonchev–Trinajstić information content (AvgIpc) is 3.89. The van der Waals surface area contributed by atoms with Crippen LogP contribution in [0, 0.1) is 0 Å². The predicted octanol–water partition coefficient (Wildman–Crippen LogP) is 17.8. The molecule has 318 valence electrons. The molecule has 68 heavy (non-hydrogen) atoms. The molecule has 0 N–H and O–H groups in total. The zero-order valence-electron chi connectivity index (χ0n) is 37.4. The van der Waals surface area contributed by atoms with Gasteiger partial charge < -0.3 is 4.90 Å². The Morgan fingerprint density at radius 2 is 0.603 bits per heavy atom. The lowest BCUT2D eigenvalue weighted by Crippen LogP contribution is -2.26. The summed E-state index contributed by atoms with van der Waals surface area (Å²) in [5.41, 5.74) is 25.2. The van der Waals surface area contributed by atoms with Crippen molar-refractivity contribution in [3.05, 3.63) is 295 Å². The maximum Gasteiger partial charge on any atom is 0.0726 e. The van der Waals surface area contributed by atoms with Gasteiger partial charge in [0.2, 0.25) is 0 Å². The highest BCUT2D eigenvalue weighted by atomic mass is 15.1. The van der Waals surface area contributed by atoms with Crippen molar-refractivity contribution in [2.24, 2.45) is 0 Å². The molecule has 0 saturated carbocycles. The molecule has 0 fully saturated rings. The van der Waals surface area contributed by atoms with Crippen LogP contribution in [0.4, 0.5) is 17.1 Å². The molecule has 1 spiro atoms. The lowest BCUT2D eigenvalue weighted by Gasteiger charge is -2.33. The zero-order valence-corrected chi connectivity index (χ0v) is 37.4. The molecule has 0 aliphatic heterocycles. The second kappa shape index (κ2) is 16.3. The number of benzene rings is 11. The zero-order chi connectivity index (χ0) is 45.0. The fourth-order valence-corrected chi connectivity index (χ4v) is 11.5. The molecule has 11 aromatic rings. The summed E-state index contributed by atoms with van der Waals surface area (Å²) in [5.74, 6) is 0. The van der Waals surface area contributed by atoms with Crippen molar-refractivity contribution in [3.63, 3.8) is 0 Å². The number of rotatable bonds is 8. The highest BCUT2D eigenvalue weighted by molar-refractivity contribution is 6.04. The van der Waals surface area contributed by atoms with Crippen LogP contribution in [0.2, 0.25) is 0 Å². The molecule has 2 aliphatic carbocycles. The van der Waals surface area contributed by atoms with E-state index in [1.54, 1.807) is 0 Å². The highest BCUT2D eigenvalue weighted by Gasteiger charge is 2.52. The van der Waals surface area contributed by atoms with Crippen molar-refractivity contribution >= 4 is 17.1 Å². The standard InChI is InChI=1S/C67H45N/c1-6-22-46(23-7-1)53-34-20-35-54(47-24-8-2-9-25-47)65(53)50-40-42-52(43-41-50)68(51-30-14-5-15-31-51)64-45-63-59(44-58(64)49-28-12-4-13-29-49)66-55(48-26-10-3-11-27-48)36-21-39-62(66)67(63)60-37-18-16-32-56(60)57-33-17-19-38-61(57)67/h1-45H. The molecule has 0 unspecified atom stereocenters. The van der Waals surface area contributed by atoms with Crippen molar-refractivity contribution < 1.29 is 0 Å². The van der Waals surface area contributed by atoms with Gasteiger partial charge in [0, 0.05) is 16.9 Å². The average molecular weight is 864 g/mol. The molecule has 0 radical (unpaired) electrons. The summed E-state index contributed by atoms with van der Waals surface area (Å²) in [5, 5.41) is 0. The second-order valence-corrected chi connectivity index (χ2v) is 17.9. The molecule has 0 atom stereocenters. The Morgan fingerprint density at radius 3 is 1.12 bits per heavy atom. The molecule has 0 bridgehead atoms. The Morgan fingerprint density at radius 1 is 0.221 bits per heavy atom. The van der Waals surface area contributed by atoms with Gasteiger partial charge in [-0.2, -0.15) is 0 Å². The van der Waals surface area contributed by atoms with Gasteiger partial charge in [0.05, 0.1) is 11.1 Å². The maximum atomic E-state index is 2.55. The molecule has 1 nitrogen and oxygen atoms in total. The highest BCUT2D eigenvalue weighted by Crippen LogP contribution is 2.65. The Bertz CT molecular complexity index is 3530. The van der Waals surface area contributed by atoms with Crippen molar-refractivity contribution in [1.82, 2.24) is 0 Å². The van der Waals surface area contributed by atoms with Crippen LogP contribution in [0.25, 0.3) is 77.9 Å². The molecule has 0 saturated heterocycles. The third kappa shape index (κ3) is 6.17. The molecule has 0 amide bonds. The summed E-state index contributed by atoms with van der Waals surface area (Å²) in [6.07, 6.45) is 0. The van der Waals surface area contributed by atoms with E-state index in [-0.39, 0.29) is 0 Å². The van der Waals surface area contributed by atoms with Crippen LogP contribution in [0.15, 0.2) is 273 Å². The summed E-state index contributed by atoms with van der Waals surface area (Å²) in [6.45, 7) is 0. The van der Waals surface area contributed by atoms with Gasteiger partial charge in [0.25, 0.3) is 0 Å². The lowest BCUT2D eigenvalue weighted by molar-refractivity contribution is 0.794. The van der Waals surface area contributed by atoms with Gasteiger partial charge in [0.15, 0.2) is 0 Å². The van der Waals surface area contributed by atoms with E-state index in [2.05, 4.69) is 278 Å². The fourth-order valence-electron chi connectivity index (χ4n) is 11.5. The first-order chi connectivity index (χ1) is 33.8. The third-order valence-electron chi connectivity index (χ3n) is 14.3. The number of nitrogens with zero attached hydrogens (tertiary/aromatic N) is 1. The van der Waals surface area contributed by atoms with Crippen LogP contribution in [-0.2, 0) is 5.41 Å². The van der Waals surface area contributed by atoms with Gasteiger partial charge in [-0.1, -0.05) is 237 Å². The quantitative estimate of drug-likeness (QED) is 0.147.